The molecule has 1 heterocycles. The van der Waals surface area contributed by atoms with Crippen LogP contribution in [0.1, 0.15) is 33.6 Å². The minimum Gasteiger partial charge on any atom is -0.465 e. The largest absolute Gasteiger partial charge is 0.465 e. The highest BCUT2D eigenvalue weighted by Crippen LogP contribution is 2.12. The van der Waals surface area contributed by atoms with Crippen molar-refractivity contribution in [3.8, 4) is 0 Å². The van der Waals surface area contributed by atoms with Crippen molar-refractivity contribution in [2.45, 2.75) is 51.9 Å². The highest BCUT2D eigenvalue weighted by molar-refractivity contribution is 5.84. The van der Waals surface area contributed by atoms with Gasteiger partial charge in [0, 0.05) is 32.5 Å². The molecule has 0 aromatic carbocycles. The highest BCUT2D eigenvalue weighted by Gasteiger charge is 2.22. The maximum atomic E-state index is 12.1. The number of rotatable bonds is 2. The van der Waals surface area contributed by atoms with Gasteiger partial charge in [0.25, 0.3) is 0 Å². The Morgan fingerprint density at radius 2 is 1.62 bits per heavy atom. The van der Waals surface area contributed by atoms with Crippen LogP contribution in [0.4, 0.5) is 0 Å². The molecule has 29 heavy (non-hydrogen) atoms. The van der Waals surface area contributed by atoms with E-state index in [1.54, 1.807) is 32.3 Å². The van der Waals surface area contributed by atoms with E-state index < -0.39 is 12.0 Å². The number of ether oxygens (including phenoxy) is 4. The number of carbonyl (C=O) groups is 3. The number of carbonyl (C=O) groups excluding carboxylic acids is 3. The first kappa shape index (κ1) is 24.8. The van der Waals surface area contributed by atoms with Crippen molar-refractivity contribution in [3.05, 3.63) is 24.3 Å². The Hall–Kier alpha value is -2.19. The predicted molar refractivity (Wildman–Crippen MR) is 107 cm³/mol. The predicted octanol–water partition coefficient (Wildman–Crippen LogP) is 1.79. The Labute approximate surface area is 172 Å². The van der Waals surface area contributed by atoms with Gasteiger partial charge in [0.1, 0.15) is 12.6 Å². The van der Waals surface area contributed by atoms with E-state index >= 15 is 0 Å². The second-order valence-electron chi connectivity index (χ2n) is 7.18. The molecule has 0 saturated carbocycles. The molecule has 1 amide bonds. The Morgan fingerprint density at radius 3 is 2.28 bits per heavy atom. The van der Waals surface area contributed by atoms with Crippen LogP contribution in [0.15, 0.2) is 24.3 Å². The minimum atomic E-state index is -0.774. The molecule has 0 unspecified atom stereocenters. The van der Waals surface area contributed by atoms with Gasteiger partial charge in [-0.1, -0.05) is 38.2 Å². The van der Waals surface area contributed by atoms with Crippen LogP contribution in [0, 0.1) is 11.8 Å². The van der Waals surface area contributed by atoms with Crippen molar-refractivity contribution in [1.29, 1.82) is 0 Å². The molecule has 0 bridgehead atoms. The van der Waals surface area contributed by atoms with Gasteiger partial charge < -0.3 is 24.3 Å². The minimum absolute atomic E-state index is 0.0401. The molecule has 1 aliphatic rings. The highest BCUT2D eigenvalue weighted by atomic mass is 16.6. The molecule has 1 rings (SSSR count). The first-order valence-electron chi connectivity index (χ1n) is 9.79. The van der Waals surface area contributed by atoms with Crippen molar-refractivity contribution in [1.82, 2.24) is 5.32 Å². The summed E-state index contributed by atoms with van der Waals surface area (Å²) in [5, 5.41) is 2.61. The molecule has 0 saturated heterocycles. The van der Waals surface area contributed by atoms with E-state index in [9.17, 15) is 14.4 Å². The van der Waals surface area contributed by atoms with Crippen molar-refractivity contribution in [2.24, 2.45) is 11.8 Å². The normalized spacial score (nSPS) is 31.1. The maximum absolute atomic E-state index is 12.1. The number of esters is 2. The van der Waals surface area contributed by atoms with Crippen LogP contribution in [0.5, 0.6) is 0 Å². The number of methoxy groups -OCH3 is 2. The van der Waals surface area contributed by atoms with Crippen molar-refractivity contribution < 1.29 is 33.3 Å². The van der Waals surface area contributed by atoms with Crippen LogP contribution in [-0.4, -0.2) is 63.5 Å². The quantitative estimate of drug-likeness (QED) is 0.546. The zero-order valence-corrected chi connectivity index (χ0v) is 17.9. The average Bonchev–Trinajstić information content (AvgIpc) is 2.68. The summed E-state index contributed by atoms with van der Waals surface area (Å²) in [5.41, 5.74) is 0. The monoisotopic (exact) mass is 411 g/mol. The summed E-state index contributed by atoms with van der Waals surface area (Å²) < 4.78 is 21.3. The van der Waals surface area contributed by atoms with E-state index in [2.05, 4.69) is 5.32 Å². The summed E-state index contributed by atoms with van der Waals surface area (Å²) >= 11 is 0. The molecule has 0 aromatic rings. The topological polar surface area (TPSA) is 100 Å². The standard InChI is InChI=1S/C21H33NO7/c1-14-8-6-11-20(24)28-12-15(2)17(26-4)9-7-10-19(23)22-16(3)21(25)29-13-18(14)27-5/h6-9,14-18H,10-13H2,1-5H3,(H,22,23)/t14-,15-,16+,17-,18-/m1/s1. The van der Waals surface area contributed by atoms with E-state index in [0.29, 0.717) is 0 Å². The lowest BCUT2D eigenvalue weighted by Crippen LogP contribution is -2.40. The molecule has 8 heteroatoms. The van der Waals surface area contributed by atoms with E-state index in [1.165, 1.54) is 7.11 Å². The van der Waals surface area contributed by atoms with Gasteiger partial charge in [0.05, 0.1) is 25.2 Å². The first-order valence-corrected chi connectivity index (χ1v) is 9.79. The molecule has 0 aromatic heterocycles. The summed E-state index contributed by atoms with van der Waals surface area (Å²) in [5.74, 6) is -1.36. The molecule has 0 spiro atoms. The Morgan fingerprint density at radius 1 is 0.931 bits per heavy atom. The van der Waals surface area contributed by atoms with Crippen LogP contribution in [0.2, 0.25) is 0 Å². The van der Waals surface area contributed by atoms with Crippen molar-refractivity contribution in [3.63, 3.8) is 0 Å². The SMILES string of the molecule is CO[C@@H]1C=CCC(=O)N[C@@H](C)C(=O)OC[C@@H](OC)[C@H](C)C=CCC(=O)OC[C@H]1C. The van der Waals surface area contributed by atoms with Crippen molar-refractivity contribution >= 4 is 17.8 Å². The van der Waals surface area contributed by atoms with Crippen LogP contribution in [0.25, 0.3) is 0 Å². The van der Waals surface area contributed by atoms with E-state index in [1.807, 2.05) is 19.9 Å². The van der Waals surface area contributed by atoms with Gasteiger partial charge in [-0.15, -0.1) is 0 Å². The zero-order chi connectivity index (χ0) is 21.8. The van der Waals surface area contributed by atoms with Crippen LogP contribution < -0.4 is 5.32 Å². The second-order valence-corrected chi connectivity index (χ2v) is 7.18. The number of hydrogen-bond donors (Lipinski definition) is 1. The lowest BCUT2D eigenvalue weighted by molar-refractivity contribution is -0.151. The Bertz CT molecular complexity index is 602. The lowest BCUT2D eigenvalue weighted by atomic mass is 10.0. The second kappa shape index (κ2) is 13.1. The maximum Gasteiger partial charge on any atom is 0.328 e. The molecule has 8 nitrogen and oxygen atoms in total. The number of hydrogen-bond acceptors (Lipinski definition) is 7. The molecule has 1 aliphatic heterocycles. The first-order chi connectivity index (χ1) is 13.8. The fourth-order valence-electron chi connectivity index (χ4n) is 2.77. The molecule has 0 radical (unpaired) electrons. The van der Waals surface area contributed by atoms with Crippen LogP contribution in [0.3, 0.4) is 0 Å². The average molecular weight is 411 g/mol. The van der Waals surface area contributed by atoms with Crippen LogP contribution in [-0.2, 0) is 33.3 Å². The smallest absolute Gasteiger partial charge is 0.328 e. The fraction of sp³-hybridized carbons (Fsp3) is 0.667. The number of amides is 1. The summed E-state index contributed by atoms with van der Waals surface area (Å²) in [6.07, 6.45) is 6.50. The fourth-order valence-corrected chi connectivity index (χ4v) is 2.77. The molecule has 0 fully saturated rings. The lowest BCUT2D eigenvalue weighted by Gasteiger charge is -2.21. The van der Waals surface area contributed by atoms with Gasteiger partial charge in [0.15, 0.2) is 0 Å². The Balaban J connectivity index is 2.89. The van der Waals surface area contributed by atoms with E-state index in [-0.39, 0.29) is 62.0 Å². The third kappa shape index (κ3) is 9.23. The van der Waals surface area contributed by atoms with Gasteiger partial charge >= 0.3 is 11.9 Å². The van der Waals surface area contributed by atoms with Crippen molar-refractivity contribution in [2.75, 3.05) is 27.4 Å². The molecule has 1 N–H and O–H groups in total. The summed E-state index contributed by atoms with van der Waals surface area (Å²) in [6.45, 7) is 5.61. The molecule has 164 valence electrons. The Kier molecular flexibility index (Phi) is 11.2. The third-order valence-corrected chi connectivity index (χ3v) is 4.70. The summed E-state index contributed by atoms with van der Waals surface area (Å²) in [7, 11) is 3.08. The summed E-state index contributed by atoms with van der Waals surface area (Å²) in [6, 6.07) is -0.774. The van der Waals surface area contributed by atoms with Crippen LogP contribution >= 0.6 is 0 Å². The third-order valence-electron chi connectivity index (χ3n) is 4.70. The van der Waals surface area contributed by atoms with E-state index in [0.717, 1.165) is 0 Å². The molecule has 5 atom stereocenters. The number of cyclic esters (lactones) is 2. The summed E-state index contributed by atoms with van der Waals surface area (Å²) in [4.78, 5) is 36.2. The van der Waals surface area contributed by atoms with Gasteiger partial charge in [0.2, 0.25) is 5.91 Å². The van der Waals surface area contributed by atoms with Gasteiger partial charge in [-0.2, -0.15) is 0 Å². The van der Waals surface area contributed by atoms with Gasteiger partial charge in [-0.25, -0.2) is 4.79 Å². The van der Waals surface area contributed by atoms with Gasteiger partial charge in [-0.3, -0.25) is 9.59 Å². The number of nitrogens with one attached hydrogen (secondary N) is 1. The van der Waals surface area contributed by atoms with Gasteiger partial charge in [-0.05, 0) is 6.92 Å². The molecule has 0 aliphatic carbocycles. The zero-order valence-electron chi connectivity index (χ0n) is 17.9. The molecular weight excluding hydrogens is 378 g/mol. The van der Waals surface area contributed by atoms with E-state index in [4.69, 9.17) is 18.9 Å². The molecular formula is C21H33NO7.